The molecule has 0 saturated carbocycles. The number of amides is 4. The van der Waals surface area contributed by atoms with Crippen molar-refractivity contribution in [2.75, 3.05) is 4.43 Å². The van der Waals surface area contributed by atoms with Crippen molar-refractivity contribution in [3.8, 4) is 0 Å². The van der Waals surface area contributed by atoms with Crippen molar-refractivity contribution < 1.29 is 19.5 Å². The molecule has 2 unspecified atom stereocenters. The number of imide groups is 2. The number of alkyl halides is 1. The van der Waals surface area contributed by atoms with E-state index in [-0.39, 0.29) is 12.3 Å². The first-order valence-corrected chi connectivity index (χ1v) is 7.81. The van der Waals surface area contributed by atoms with Crippen LogP contribution in [0.5, 0.6) is 0 Å². The molecule has 4 amide bonds. The van der Waals surface area contributed by atoms with Crippen molar-refractivity contribution >= 4 is 40.4 Å². The summed E-state index contributed by atoms with van der Waals surface area (Å²) in [6.45, 7) is 3.76. The summed E-state index contributed by atoms with van der Waals surface area (Å²) in [7, 11) is 0. The largest absolute Gasteiger partial charge is 0.392 e. The molecule has 1 aliphatic heterocycles. The van der Waals surface area contributed by atoms with E-state index in [9.17, 15) is 19.5 Å². The molecule has 1 saturated heterocycles. The average Bonchev–Trinajstić information content (AvgIpc) is 2.33. The molecule has 0 aromatic carbocycles. The van der Waals surface area contributed by atoms with Crippen molar-refractivity contribution in [3.63, 3.8) is 0 Å². The number of carbonyl (C=O) groups is 3. The van der Waals surface area contributed by atoms with E-state index in [4.69, 9.17) is 0 Å². The Bertz CT molecular complexity index is 366. The van der Waals surface area contributed by atoms with Crippen LogP contribution in [0.2, 0.25) is 0 Å². The van der Waals surface area contributed by atoms with Crippen LogP contribution in [0.3, 0.4) is 0 Å². The van der Waals surface area contributed by atoms with Crippen LogP contribution < -0.4 is 10.6 Å². The minimum absolute atomic E-state index is 0.0298. The van der Waals surface area contributed by atoms with E-state index in [2.05, 4.69) is 10.6 Å². The molecule has 0 aromatic heterocycles. The van der Waals surface area contributed by atoms with Gasteiger partial charge in [0, 0.05) is 4.43 Å². The van der Waals surface area contributed by atoms with Crippen molar-refractivity contribution in [1.82, 2.24) is 10.6 Å². The van der Waals surface area contributed by atoms with E-state index in [1.54, 1.807) is 6.92 Å². The van der Waals surface area contributed by atoms with Crippen molar-refractivity contribution in [2.45, 2.75) is 39.2 Å². The van der Waals surface area contributed by atoms with Gasteiger partial charge in [-0.25, -0.2) is 4.79 Å². The monoisotopic (exact) mass is 382 g/mol. The third-order valence-corrected chi connectivity index (χ3v) is 4.58. The van der Waals surface area contributed by atoms with Gasteiger partial charge in [0.1, 0.15) is 5.41 Å². The average molecular weight is 382 g/mol. The number of nitrogens with one attached hydrogen (secondary N) is 2. The molecule has 0 aromatic rings. The summed E-state index contributed by atoms with van der Waals surface area (Å²) < 4.78 is 0.423. The van der Waals surface area contributed by atoms with Crippen LogP contribution in [0, 0.1) is 11.3 Å². The van der Waals surface area contributed by atoms with Crippen LogP contribution >= 0.6 is 22.6 Å². The quantitative estimate of drug-likeness (QED) is 0.362. The Balaban J connectivity index is 3.12. The van der Waals surface area contributed by atoms with Gasteiger partial charge in [-0.05, 0) is 18.8 Å². The van der Waals surface area contributed by atoms with E-state index in [1.807, 2.05) is 29.5 Å². The van der Waals surface area contributed by atoms with Gasteiger partial charge in [0.25, 0.3) is 0 Å². The molecule has 1 heterocycles. The van der Waals surface area contributed by atoms with Gasteiger partial charge in [0.15, 0.2) is 0 Å². The zero-order chi connectivity index (χ0) is 14.6. The smallest absolute Gasteiger partial charge is 0.328 e. The Labute approximate surface area is 125 Å². The first-order valence-electron chi connectivity index (χ1n) is 6.29. The number of hydrogen-bond donors (Lipinski definition) is 3. The van der Waals surface area contributed by atoms with Gasteiger partial charge in [-0.2, -0.15) is 0 Å². The third kappa shape index (κ3) is 3.25. The van der Waals surface area contributed by atoms with E-state index >= 15 is 0 Å². The molecule has 108 valence electrons. The maximum Gasteiger partial charge on any atom is 0.328 e. The first-order chi connectivity index (χ1) is 8.88. The van der Waals surface area contributed by atoms with Gasteiger partial charge < -0.3 is 5.11 Å². The summed E-state index contributed by atoms with van der Waals surface area (Å²) >= 11 is 2.00. The van der Waals surface area contributed by atoms with Crippen LogP contribution in [-0.2, 0) is 9.59 Å². The number of aliphatic hydroxyl groups is 1. The lowest BCUT2D eigenvalue weighted by atomic mass is 9.68. The molecule has 0 bridgehead atoms. The van der Waals surface area contributed by atoms with Crippen molar-refractivity contribution in [1.29, 1.82) is 0 Å². The summed E-state index contributed by atoms with van der Waals surface area (Å²) in [6.07, 6.45) is 0.757. The third-order valence-electron chi connectivity index (χ3n) is 3.56. The van der Waals surface area contributed by atoms with Crippen molar-refractivity contribution in [2.24, 2.45) is 11.3 Å². The normalized spacial score (nSPS) is 21.6. The maximum absolute atomic E-state index is 12.2. The second-order valence-electron chi connectivity index (χ2n) is 4.91. The lowest BCUT2D eigenvalue weighted by Gasteiger charge is -2.39. The molecule has 7 heteroatoms. The fraction of sp³-hybridized carbons (Fsp3) is 0.750. The Morgan fingerprint density at radius 3 is 2.21 bits per heavy atom. The molecular weight excluding hydrogens is 363 g/mol. The maximum atomic E-state index is 12.2. The zero-order valence-electron chi connectivity index (χ0n) is 11.0. The molecule has 0 radical (unpaired) electrons. The fourth-order valence-corrected chi connectivity index (χ4v) is 2.81. The molecule has 1 rings (SSSR count). The lowest BCUT2D eigenvalue weighted by molar-refractivity contribution is -0.150. The van der Waals surface area contributed by atoms with Gasteiger partial charge in [0.05, 0.1) is 6.10 Å². The standard InChI is InChI=1S/C12H19IN2O4/c1-3-4-7(2)12(5-8(16)6-13)9(17)14-11(19)15-10(12)18/h7-8,16H,3-6H2,1-2H3,(H2,14,15,17,18,19). The number of aliphatic hydroxyl groups excluding tert-OH is 1. The van der Waals surface area contributed by atoms with E-state index < -0.39 is 29.4 Å². The predicted octanol–water partition coefficient (Wildman–Crippen LogP) is 0.961. The highest BCUT2D eigenvalue weighted by Gasteiger charge is 2.54. The molecule has 19 heavy (non-hydrogen) atoms. The Morgan fingerprint density at radius 1 is 1.26 bits per heavy atom. The highest BCUT2D eigenvalue weighted by Crippen LogP contribution is 2.38. The predicted molar refractivity (Wildman–Crippen MR) is 77.7 cm³/mol. The number of hydrogen-bond acceptors (Lipinski definition) is 4. The zero-order valence-corrected chi connectivity index (χ0v) is 13.2. The summed E-state index contributed by atoms with van der Waals surface area (Å²) in [4.78, 5) is 35.6. The summed E-state index contributed by atoms with van der Waals surface area (Å²) in [5, 5.41) is 14.1. The Hall–Kier alpha value is -0.700. The van der Waals surface area contributed by atoms with Gasteiger partial charge in [0.2, 0.25) is 11.8 Å². The van der Waals surface area contributed by atoms with Crippen molar-refractivity contribution in [3.05, 3.63) is 0 Å². The van der Waals surface area contributed by atoms with Gasteiger partial charge in [-0.3, -0.25) is 20.2 Å². The molecule has 0 spiro atoms. The van der Waals surface area contributed by atoms with Crippen LogP contribution in [0.25, 0.3) is 0 Å². The van der Waals surface area contributed by atoms with E-state index in [1.165, 1.54) is 0 Å². The molecule has 1 aliphatic rings. The highest BCUT2D eigenvalue weighted by molar-refractivity contribution is 14.1. The van der Waals surface area contributed by atoms with Crippen LogP contribution in [0.1, 0.15) is 33.1 Å². The van der Waals surface area contributed by atoms with Crippen LogP contribution in [0.4, 0.5) is 4.79 Å². The van der Waals surface area contributed by atoms with Crippen LogP contribution in [-0.4, -0.2) is 33.5 Å². The molecule has 3 N–H and O–H groups in total. The number of urea groups is 1. The lowest BCUT2D eigenvalue weighted by Crippen LogP contribution is -2.65. The fourth-order valence-electron chi connectivity index (χ4n) is 2.50. The van der Waals surface area contributed by atoms with Crippen LogP contribution in [0.15, 0.2) is 0 Å². The Morgan fingerprint density at radius 2 is 1.79 bits per heavy atom. The van der Waals surface area contributed by atoms with E-state index in [0.29, 0.717) is 10.8 Å². The summed E-state index contributed by atoms with van der Waals surface area (Å²) in [6, 6.07) is -0.793. The minimum Gasteiger partial charge on any atom is -0.392 e. The molecule has 1 fully saturated rings. The van der Waals surface area contributed by atoms with Gasteiger partial charge >= 0.3 is 6.03 Å². The molecule has 0 aliphatic carbocycles. The van der Waals surface area contributed by atoms with Gasteiger partial charge in [-0.15, -0.1) is 0 Å². The second-order valence-corrected chi connectivity index (χ2v) is 5.79. The summed E-state index contributed by atoms with van der Waals surface area (Å²) in [5.41, 5.74) is -1.37. The second kappa shape index (κ2) is 6.65. The first kappa shape index (κ1) is 16.4. The topological polar surface area (TPSA) is 95.5 Å². The summed E-state index contributed by atoms with van der Waals surface area (Å²) in [5.74, 6) is -1.46. The highest BCUT2D eigenvalue weighted by atomic mass is 127. The number of halogens is 1. The Kier molecular flexibility index (Phi) is 5.72. The number of rotatable bonds is 6. The molecular formula is C12H19IN2O4. The van der Waals surface area contributed by atoms with E-state index in [0.717, 1.165) is 6.42 Å². The molecule has 6 nitrogen and oxygen atoms in total. The molecule has 2 atom stereocenters. The van der Waals surface area contributed by atoms with Gasteiger partial charge in [-0.1, -0.05) is 42.9 Å². The number of carbonyl (C=O) groups excluding carboxylic acids is 3. The number of barbiturate groups is 1. The SMILES string of the molecule is CCCC(C)C1(CC(O)CI)C(=O)NC(=O)NC1=O. The minimum atomic E-state index is -1.37.